The van der Waals surface area contributed by atoms with Gasteiger partial charge in [-0.05, 0) is 25.3 Å². The highest BCUT2D eigenvalue weighted by Gasteiger charge is 2.19. The molecule has 0 aromatic carbocycles. The maximum atomic E-state index is 8.73. The number of aromatic nitrogens is 3. The first-order chi connectivity index (χ1) is 7.88. The molecule has 0 saturated heterocycles. The molecule has 0 unspecified atom stereocenters. The van der Waals surface area contributed by atoms with Gasteiger partial charge in [0.25, 0.3) is 0 Å². The minimum atomic E-state index is 0.109. The number of nitrogens with one attached hydrogen (secondary N) is 1. The summed E-state index contributed by atoms with van der Waals surface area (Å²) in [7, 11) is 0. The lowest BCUT2D eigenvalue weighted by atomic mass is 10.2. The Balaban J connectivity index is 1.56. The molecule has 0 spiro atoms. The highest BCUT2D eigenvalue weighted by atomic mass is 16.3. The zero-order chi connectivity index (χ0) is 11.2. The van der Waals surface area contributed by atoms with Crippen molar-refractivity contribution in [2.75, 3.05) is 13.2 Å². The van der Waals surface area contributed by atoms with Gasteiger partial charge < -0.3 is 10.4 Å². The topological polar surface area (TPSA) is 63.0 Å². The predicted molar refractivity (Wildman–Crippen MR) is 60.8 cm³/mol. The summed E-state index contributed by atoms with van der Waals surface area (Å²) in [6.45, 7) is 2.46. The van der Waals surface area contributed by atoms with Crippen molar-refractivity contribution < 1.29 is 5.11 Å². The fraction of sp³-hybridized carbons (Fsp3) is 0.818. The quantitative estimate of drug-likeness (QED) is 0.633. The molecule has 2 N–H and O–H groups in total. The van der Waals surface area contributed by atoms with E-state index in [1.807, 2.05) is 6.20 Å². The third-order valence-corrected chi connectivity index (χ3v) is 2.88. The third kappa shape index (κ3) is 3.90. The number of hydrogen-bond donors (Lipinski definition) is 2. The summed E-state index contributed by atoms with van der Waals surface area (Å²) in [6, 6.07) is 0. The normalized spacial score (nSPS) is 15.6. The SMILES string of the molecule is OCCn1cc(CNCCCC2CC2)nn1. The van der Waals surface area contributed by atoms with Crippen LogP contribution in [-0.4, -0.2) is 33.3 Å². The minimum absolute atomic E-state index is 0.109. The molecule has 1 aliphatic carbocycles. The van der Waals surface area contributed by atoms with Gasteiger partial charge in [-0.25, -0.2) is 4.68 Å². The van der Waals surface area contributed by atoms with Gasteiger partial charge in [0.2, 0.25) is 0 Å². The van der Waals surface area contributed by atoms with E-state index in [9.17, 15) is 0 Å². The fourth-order valence-electron chi connectivity index (χ4n) is 1.77. The van der Waals surface area contributed by atoms with Crippen molar-refractivity contribution in [3.05, 3.63) is 11.9 Å². The first-order valence-corrected chi connectivity index (χ1v) is 6.09. The lowest BCUT2D eigenvalue weighted by Crippen LogP contribution is -2.15. The average molecular weight is 224 g/mol. The molecule has 1 fully saturated rings. The van der Waals surface area contributed by atoms with E-state index in [0.717, 1.165) is 24.7 Å². The van der Waals surface area contributed by atoms with Crippen molar-refractivity contribution in [1.82, 2.24) is 20.3 Å². The Bertz CT molecular complexity index is 309. The lowest BCUT2D eigenvalue weighted by molar-refractivity contribution is 0.268. The van der Waals surface area contributed by atoms with Crippen molar-refractivity contribution in [3.63, 3.8) is 0 Å². The highest BCUT2D eigenvalue weighted by Crippen LogP contribution is 2.33. The van der Waals surface area contributed by atoms with Gasteiger partial charge in [-0.1, -0.05) is 18.1 Å². The summed E-state index contributed by atoms with van der Waals surface area (Å²) in [5.74, 6) is 1.02. The first kappa shape index (κ1) is 11.5. The van der Waals surface area contributed by atoms with Gasteiger partial charge in [0.05, 0.1) is 18.8 Å². The van der Waals surface area contributed by atoms with Crippen LogP contribution in [0.2, 0.25) is 0 Å². The maximum Gasteiger partial charge on any atom is 0.0964 e. The van der Waals surface area contributed by atoms with Gasteiger partial charge >= 0.3 is 0 Å². The molecule has 2 rings (SSSR count). The van der Waals surface area contributed by atoms with Crippen molar-refractivity contribution in [3.8, 4) is 0 Å². The van der Waals surface area contributed by atoms with E-state index < -0.39 is 0 Å². The van der Waals surface area contributed by atoms with E-state index in [0.29, 0.717) is 6.54 Å². The monoisotopic (exact) mass is 224 g/mol. The van der Waals surface area contributed by atoms with Crippen LogP contribution in [0.1, 0.15) is 31.4 Å². The largest absolute Gasteiger partial charge is 0.394 e. The van der Waals surface area contributed by atoms with Crippen LogP contribution in [-0.2, 0) is 13.1 Å². The second-order valence-corrected chi connectivity index (χ2v) is 4.46. The van der Waals surface area contributed by atoms with Crippen LogP contribution in [0.3, 0.4) is 0 Å². The molecule has 1 aromatic heterocycles. The van der Waals surface area contributed by atoms with Gasteiger partial charge in [0.15, 0.2) is 0 Å². The van der Waals surface area contributed by atoms with Crippen LogP contribution < -0.4 is 5.32 Å². The van der Waals surface area contributed by atoms with Crippen LogP contribution in [0.25, 0.3) is 0 Å². The average Bonchev–Trinajstić information content (AvgIpc) is 2.99. The molecular formula is C11H20N4O. The molecule has 5 nitrogen and oxygen atoms in total. The van der Waals surface area contributed by atoms with Crippen LogP contribution in [0.5, 0.6) is 0 Å². The number of hydrogen-bond acceptors (Lipinski definition) is 4. The van der Waals surface area contributed by atoms with Crippen molar-refractivity contribution in [2.24, 2.45) is 5.92 Å². The Morgan fingerprint density at radius 1 is 1.50 bits per heavy atom. The molecule has 1 aliphatic rings. The van der Waals surface area contributed by atoms with E-state index in [1.54, 1.807) is 4.68 Å². The lowest BCUT2D eigenvalue weighted by Gasteiger charge is -2.01. The molecule has 5 heteroatoms. The Morgan fingerprint density at radius 3 is 3.12 bits per heavy atom. The van der Waals surface area contributed by atoms with E-state index in [4.69, 9.17) is 5.11 Å². The number of nitrogens with zero attached hydrogens (tertiary/aromatic N) is 3. The van der Waals surface area contributed by atoms with Gasteiger partial charge in [0.1, 0.15) is 0 Å². The maximum absolute atomic E-state index is 8.73. The molecule has 16 heavy (non-hydrogen) atoms. The third-order valence-electron chi connectivity index (χ3n) is 2.88. The Hall–Kier alpha value is -0.940. The Morgan fingerprint density at radius 2 is 2.38 bits per heavy atom. The molecule has 1 saturated carbocycles. The van der Waals surface area contributed by atoms with E-state index in [2.05, 4.69) is 15.6 Å². The summed E-state index contributed by atoms with van der Waals surface area (Å²) in [5, 5.41) is 20.0. The van der Waals surface area contributed by atoms with E-state index in [1.165, 1.54) is 25.7 Å². The summed E-state index contributed by atoms with van der Waals surface area (Å²) < 4.78 is 1.67. The van der Waals surface area contributed by atoms with Crippen LogP contribution in [0.15, 0.2) is 6.20 Å². The van der Waals surface area contributed by atoms with Crippen molar-refractivity contribution in [2.45, 2.75) is 38.8 Å². The van der Waals surface area contributed by atoms with Gasteiger partial charge in [-0.2, -0.15) is 0 Å². The first-order valence-electron chi connectivity index (χ1n) is 6.09. The summed E-state index contributed by atoms with van der Waals surface area (Å²) >= 11 is 0. The second-order valence-electron chi connectivity index (χ2n) is 4.46. The highest BCUT2D eigenvalue weighted by molar-refractivity contribution is 4.91. The standard InChI is InChI=1S/C11H20N4O/c16-7-6-15-9-11(13-14-15)8-12-5-1-2-10-3-4-10/h9-10,12,16H,1-8H2. The smallest absolute Gasteiger partial charge is 0.0964 e. The number of aliphatic hydroxyl groups excluding tert-OH is 1. The van der Waals surface area contributed by atoms with Gasteiger partial charge in [-0.3, -0.25) is 0 Å². The Kier molecular flexibility index (Phi) is 4.30. The van der Waals surface area contributed by atoms with Crippen LogP contribution in [0.4, 0.5) is 0 Å². The molecule has 0 radical (unpaired) electrons. The van der Waals surface area contributed by atoms with Gasteiger partial charge in [0, 0.05) is 12.7 Å². The molecule has 0 aliphatic heterocycles. The van der Waals surface area contributed by atoms with E-state index in [-0.39, 0.29) is 6.61 Å². The molecule has 0 amide bonds. The molecule has 1 aromatic rings. The molecular weight excluding hydrogens is 204 g/mol. The van der Waals surface area contributed by atoms with Crippen molar-refractivity contribution >= 4 is 0 Å². The van der Waals surface area contributed by atoms with E-state index >= 15 is 0 Å². The van der Waals surface area contributed by atoms with Crippen molar-refractivity contribution in [1.29, 1.82) is 0 Å². The van der Waals surface area contributed by atoms with Crippen LogP contribution in [0, 0.1) is 5.92 Å². The van der Waals surface area contributed by atoms with Gasteiger partial charge in [-0.15, -0.1) is 5.10 Å². The second kappa shape index (κ2) is 5.96. The van der Waals surface area contributed by atoms with Crippen LogP contribution >= 0.6 is 0 Å². The predicted octanol–water partition coefficient (Wildman–Crippen LogP) is 0.550. The Labute approximate surface area is 95.8 Å². The number of aliphatic hydroxyl groups is 1. The fourth-order valence-corrected chi connectivity index (χ4v) is 1.77. The summed E-state index contributed by atoms with van der Waals surface area (Å²) in [5.41, 5.74) is 0.944. The number of rotatable bonds is 8. The molecule has 0 bridgehead atoms. The molecule has 0 atom stereocenters. The summed E-state index contributed by atoms with van der Waals surface area (Å²) in [4.78, 5) is 0. The molecule has 1 heterocycles. The minimum Gasteiger partial charge on any atom is -0.394 e. The zero-order valence-corrected chi connectivity index (χ0v) is 9.60. The summed E-state index contributed by atoms with van der Waals surface area (Å²) in [6.07, 6.45) is 7.38. The zero-order valence-electron chi connectivity index (χ0n) is 9.60. The molecule has 90 valence electrons.